The molecule has 0 spiro atoms. The van der Waals surface area contributed by atoms with Gasteiger partial charge in [0.05, 0.1) is 37.1 Å². The third kappa shape index (κ3) is 4.04. The van der Waals surface area contributed by atoms with Crippen LogP contribution < -0.4 is 5.73 Å². The Morgan fingerprint density at radius 1 is 1.39 bits per heavy atom. The highest BCUT2D eigenvalue weighted by molar-refractivity contribution is 8.15. The van der Waals surface area contributed by atoms with Gasteiger partial charge in [-0.15, -0.1) is 0 Å². The summed E-state index contributed by atoms with van der Waals surface area (Å²) >= 11 is 1.24. The van der Waals surface area contributed by atoms with Crippen LogP contribution in [0.3, 0.4) is 0 Å². The van der Waals surface area contributed by atoms with E-state index >= 15 is 4.39 Å². The Morgan fingerprint density at radius 2 is 2.19 bits per heavy atom. The summed E-state index contributed by atoms with van der Waals surface area (Å²) in [6.45, 7) is 12.1. The molecular formula is C25H24F2N6O2S. The Labute approximate surface area is 211 Å². The molecule has 0 aromatic carbocycles. The highest BCUT2D eigenvalue weighted by Crippen LogP contribution is 2.66. The van der Waals surface area contributed by atoms with Gasteiger partial charge in [0.2, 0.25) is 17.5 Å². The first kappa shape index (κ1) is 24.3. The number of fused-ring (bicyclic) bond motifs is 1. The number of nitrogens with two attached hydrogens (primary N) is 1. The van der Waals surface area contributed by atoms with Crippen molar-refractivity contribution in [1.29, 1.82) is 0 Å². The van der Waals surface area contributed by atoms with Crippen LogP contribution >= 0.6 is 11.8 Å². The maximum atomic E-state index is 15.1. The van der Waals surface area contributed by atoms with E-state index in [4.69, 9.17) is 17.0 Å². The summed E-state index contributed by atoms with van der Waals surface area (Å²) in [5, 5.41) is 0.205. The molecule has 2 aromatic heterocycles. The maximum Gasteiger partial charge on any atom is 0.240 e. The number of amides is 1. The van der Waals surface area contributed by atoms with Crippen LogP contribution in [-0.4, -0.2) is 56.5 Å². The number of ether oxygens (including phenoxy) is 1. The predicted molar refractivity (Wildman–Crippen MR) is 133 cm³/mol. The van der Waals surface area contributed by atoms with Gasteiger partial charge in [-0.25, -0.2) is 14.2 Å². The van der Waals surface area contributed by atoms with E-state index < -0.39 is 22.1 Å². The van der Waals surface area contributed by atoms with Gasteiger partial charge < -0.3 is 15.4 Å². The number of nitrogens with zero attached hydrogens (tertiary/aromatic N) is 5. The number of aliphatic imine (C=N–C) groups is 1. The first-order valence-electron chi connectivity index (χ1n) is 11.5. The molecule has 0 bridgehead atoms. The van der Waals surface area contributed by atoms with Crippen molar-refractivity contribution in [2.45, 2.75) is 36.6 Å². The standard InChI is InChI=1S/C25H24F2N6O2S/c1-14-13-35-7-6-33(14)22(34)25-10-20(25)24(2,32-23(28)36-25)17-8-15(11-31-21(17)27)9-18(26)19-5-4-16(29-3)12-30-19/h4-5,8-9,11-12,14,20H,6-7,10,13H2,1-2H3,(H2,28,32)/b18-9-/t14-,20+,24-,25+/m1/s1. The quantitative estimate of drug-likeness (QED) is 0.495. The minimum absolute atomic E-state index is 0.0400. The van der Waals surface area contributed by atoms with Crippen molar-refractivity contribution in [3.05, 3.63) is 64.8 Å². The minimum atomic E-state index is -1.15. The van der Waals surface area contributed by atoms with E-state index in [9.17, 15) is 9.18 Å². The topological polar surface area (TPSA) is 98.1 Å². The lowest BCUT2D eigenvalue weighted by atomic mass is 9.86. The number of amidine groups is 1. The summed E-state index contributed by atoms with van der Waals surface area (Å²) < 4.78 is 34.6. The third-order valence-corrected chi connectivity index (χ3v) is 8.32. The molecule has 5 rings (SSSR count). The van der Waals surface area contributed by atoms with Gasteiger partial charge in [-0.2, -0.15) is 4.39 Å². The molecule has 1 saturated heterocycles. The van der Waals surface area contributed by atoms with Crippen LogP contribution in [0, 0.1) is 18.4 Å². The smallest absolute Gasteiger partial charge is 0.240 e. The molecule has 2 aliphatic heterocycles. The van der Waals surface area contributed by atoms with Crippen LogP contribution in [0.15, 0.2) is 35.6 Å². The fraction of sp³-hybridized carbons (Fsp3) is 0.400. The van der Waals surface area contributed by atoms with Crippen LogP contribution in [-0.2, 0) is 15.1 Å². The number of hydrogen-bond acceptors (Lipinski definition) is 7. The van der Waals surface area contributed by atoms with Gasteiger partial charge in [0, 0.05) is 30.4 Å². The number of halogens is 2. The van der Waals surface area contributed by atoms with Gasteiger partial charge in [-0.1, -0.05) is 17.8 Å². The van der Waals surface area contributed by atoms with Gasteiger partial charge in [0.15, 0.2) is 5.17 Å². The van der Waals surface area contributed by atoms with E-state index in [0.717, 1.165) is 0 Å². The summed E-state index contributed by atoms with van der Waals surface area (Å²) in [6, 6.07) is 4.29. The molecule has 2 N–H and O–H groups in total. The summed E-state index contributed by atoms with van der Waals surface area (Å²) in [7, 11) is 0. The SMILES string of the molecule is [C-]#[N+]c1ccc(/C(F)=C/c2cnc(F)c([C@@]3(C)N=C(N)S[C@@]4(C(=O)N5CCOC[C@H]5C)C[C@H]43)c2)nc1. The molecule has 0 radical (unpaired) electrons. The van der Waals surface area contributed by atoms with E-state index in [1.807, 2.05) is 11.8 Å². The molecule has 36 heavy (non-hydrogen) atoms. The lowest BCUT2D eigenvalue weighted by Gasteiger charge is -2.39. The zero-order chi connectivity index (χ0) is 25.7. The van der Waals surface area contributed by atoms with E-state index in [-0.39, 0.29) is 34.3 Å². The first-order chi connectivity index (χ1) is 17.2. The van der Waals surface area contributed by atoms with Gasteiger partial charge >= 0.3 is 0 Å². The van der Waals surface area contributed by atoms with Crippen LogP contribution in [0.25, 0.3) is 16.7 Å². The number of rotatable bonds is 4. The molecule has 2 fully saturated rings. The summed E-state index contributed by atoms with van der Waals surface area (Å²) in [6.07, 6.45) is 4.19. The zero-order valence-corrected chi connectivity index (χ0v) is 20.6. The van der Waals surface area contributed by atoms with Gasteiger partial charge in [-0.05, 0) is 44.0 Å². The van der Waals surface area contributed by atoms with Crippen molar-refractivity contribution >= 4 is 40.4 Å². The lowest BCUT2D eigenvalue weighted by Crippen LogP contribution is -2.53. The Morgan fingerprint density at radius 3 is 2.89 bits per heavy atom. The molecule has 1 amide bonds. The van der Waals surface area contributed by atoms with E-state index in [1.54, 1.807) is 6.92 Å². The summed E-state index contributed by atoms with van der Waals surface area (Å²) in [4.78, 5) is 31.1. The van der Waals surface area contributed by atoms with Crippen molar-refractivity contribution in [2.75, 3.05) is 19.8 Å². The maximum absolute atomic E-state index is 15.1. The van der Waals surface area contributed by atoms with Crippen molar-refractivity contribution in [2.24, 2.45) is 16.6 Å². The Bertz CT molecular complexity index is 1330. The number of hydrogen-bond donors (Lipinski definition) is 1. The van der Waals surface area contributed by atoms with Crippen LogP contribution in [0.2, 0.25) is 0 Å². The molecule has 11 heteroatoms. The number of thioether (sulfide) groups is 1. The molecule has 3 aliphatic rings. The normalized spacial score (nSPS) is 29.7. The van der Waals surface area contributed by atoms with Gasteiger partial charge in [0.1, 0.15) is 10.6 Å². The number of morpholine rings is 1. The molecule has 0 unspecified atom stereocenters. The number of carbonyl (C=O) groups is 1. The number of pyridine rings is 2. The molecule has 1 aliphatic carbocycles. The van der Waals surface area contributed by atoms with Gasteiger partial charge in [-0.3, -0.25) is 14.8 Å². The molecular weight excluding hydrogens is 486 g/mol. The second kappa shape index (κ2) is 8.94. The van der Waals surface area contributed by atoms with Crippen LogP contribution in [0.1, 0.15) is 37.1 Å². The van der Waals surface area contributed by atoms with Crippen molar-refractivity contribution < 1.29 is 18.3 Å². The fourth-order valence-corrected chi connectivity index (χ4v) is 6.47. The minimum Gasteiger partial charge on any atom is -0.378 e. The fourth-order valence-electron chi connectivity index (χ4n) is 5.04. The third-order valence-electron chi connectivity index (χ3n) is 7.03. The second-order valence-corrected chi connectivity index (χ2v) is 10.7. The lowest BCUT2D eigenvalue weighted by molar-refractivity contribution is -0.139. The average Bonchev–Trinajstić information content (AvgIpc) is 3.61. The molecule has 4 heterocycles. The number of aromatic nitrogens is 2. The highest BCUT2D eigenvalue weighted by Gasteiger charge is 2.71. The van der Waals surface area contributed by atoms with Crippen molar-refractivity contribution in [1.82, 2.24) is 14.9 Å². The molecule has 4 atom stereocenters. The summed E-state index contributed by atoms with van der Waals surface area (Å²) in [5.41, 5.74) is 5.85. The van der Waals surface area contributed by atoms with E-state index in [2.05, 4.69) is 19.8 Å². The van der Waals surface area contributed by atoms with Crippen LogP contribution in [0.4, 0.5) is 14.5 Å². The molecule has 1 saturated carbocycles. The Hall–Kier alpha value is -3.36. The molecule has 8 nitrogen and oxygen atoms in total. The largest absolute Gasteiger partial charge is 0.378 e. The molecule has 186 valence electrons. The first-order valence-corrected chi connectivity index (χ1v) is 12.3. The zero-order valence-electron chi connectivity index (χ0n) is 19.7. The monoisotopic (exact) mass is 510 g/mol. The van der Waals surface area contributed by atoms with Crippen molar-refractivity contribution in [3.8, 4) is 0 Å². The average molecular weight is 511 g/mol. The number of carbonyl (C=O) groups excluding carboxylic acids is 1. The Balaban J connectivity index is 1.48. The van der Waals surface area contributed by atoms with E-state index in [0.29, 0.717) is 37.4 Å². The van der Waals surface area contributed by atoms with E-state index in [1.165, 1.54) is 48.4 Å². The summed E-state index contributed by atoms with van der Waals surface area (Å²) in [5.74, 6) is -1.74. The molecule has 2 aromatic rings. The van der Waals surface area contributed by atoms with Crippen molar-refractivity contribution in [3.63, 3.8) is 0 Å². The highest BCUT2D eigenvalue weighted by atomic mass is 32.2. The van der Waals surface area contributed by atoms with Gasteiger partial charge in [0.25, 0.3) is 0 Å². The second-order valence-electron chi connectivity index (χ2n) is 9.38. The van der Waals surface area contributed by atoms with Crippen LogP contribution in [0.5, 0.6) is 0 Å². The predicted octanol–water partition coefficient (Wildman–Crippen LogP) is 3.92. The Kier molecular flexibility index (Phi) is 6.04.